The molecule has 7 nitrogen and oxygen atoms in total. The zero-order chi connectivity index (χ0) is 26.4. The fraction of sp³-hybridized carbons (Fsp3) is 0.379. The molecule has 1 aliphatic heterocycles. The molecule has 1 amide bonds. The van der Waals surface area contributed by atoms with Crippen molar-refractivity contribution >= 4 is 15.9 Å². The lowest BCUT2D eigenvalue weighted by Gasteiger charge is -2.32. The van der Waals surface area contributed by atoms with E-state index in [1.807, 2.05) is 74.4 Å². The number of benzene rings is 2. The number of hydrogen-bond acceptors (Lipinski definition) is 5. The fourth-order valence-corrected chi connectivity index (χ4v) is 6.22. The van der Waals surface area contributed by atoms with Crippen molar-refractivity contribution in [2.24, 2.45) is 0 Å². The average Bonchev–Trinajstić information content (AvgIpc) is 2.91. The summed E-state index contributed by atoms with van der Waals surface area (Å²) in [6, 6.07) is 22.4. The van der Waals surface area contributed by atoms with Gasteiger partial charge >= 0.3 is 0 Å². The summed E-state index contributed by atoms with van der Waals surface area (Å²) in [7, 11) is 0.470. The van der Waals surface area contributed by atoms with Crippen molar-refractivity contribution in [3.05, 3.63) is 95.3 Å². The van der Waals surface area contributed by atoms with E-state index in [-0.39, 0.29) is 11.8 Å². The number of amides is 1. The Labute approximate surface area is 220 Å². The van der Waals surface area contributed by atoms with Crippen LogP contribution in [0.3, 0.4) is 0 Å². The minimum absolute atomic E-state index is 0.0218. The van der Waals surface area contributed by atoms with Crippen molar-refractivity contribution in [3.8, 4) is 0 Å². The molecule has 196 valence electrons. The monoisotopic (exact) mass is 520 g/mol. The van der Waals surface area contributed by atoms with E-state index in [4.69, 9.17) is 4.98 Å². The number of aryl methyl sites for hydroxylation is 1. The Bertz CT molecular complexity index is 1290. The normalized spacial score (nSPS) is 15.1. The van der Waals surface area contributed by atoms with E-state index in [1.165, 1.54) is 0 Å². The Morgan fingerprint density at radius 1 is 0.919 bits per heavy atom. The lowest BCUT2D eigenvalue weighted by molar-refractivity contribution is 0.0729. The fourth-order valence-electron chi connectivity index (χ4n) is 4.73. The summed E-state index contributed by atoms with van der Waals surface area (Å²) in [6.07, 6.45) is 1.25. The Morgan fingerprint density at radius 3 is 2.16 bits per heavy atom. The zero-order valence-corrected chi connectivity index (χ0v) is 22.7. The van der Waals surface area contributed by atoms with Crippen molar-refractivity contribution in [1.29, 1.82) is 0 Å². The van der Waals surface area contributed by atoms with E-state index in [9.17, 15) is 13.2 Å². The van der Waals surface area contributed by atoms with E-state index in [2.05, 4.69) is 4.90 Å². The van der Waals surface area contributed by atoms with Crippen molar-refractivity contribution in [2.45, 2.75) is 37.1 Å². The minimum atomic E-state index is -3.53. The summed E-state index contributed by atoms with van der Waals surface area (Å²) in [5.74, 6) is -0.0129. The van der Waals surface area contributed by atoms with Gasteiger partial charge in [0.15, 0.2) is 0 Å². The van der Waals surface area contributed by atoms with Crippen LogP contribution in [0.1, 0.15) is 46.1 Å². The Balaban J connectivity index is 1.55. The molecule has 1 fully saturated rings. The number of likely N-dealkylation sites (N-methyl/N-ethyl adjacent to an activating group) is 1. The molecular weight excluding hydrogens is 484 g/mol. The number of carbonyl (C=O) groups excluding carboxylic acids is 1. The molecule has 1 saturated heterocycles. The first-order chi connectivity index (χ1) is 17.8. The molecule has 8 heteroatoms. The zero-order valence-electron chi connectivity index (χ0n) is 21.9. The van der Waals surface area contributed by atoms with E-state index in [0.29, 0.717) is 49.5 Å². The second kappa shape index (κ2) is 12.0. The van der Waals surface area contributed by atoms with Gasteiger partial charge in [-0.3, -0.25) is 9.78 Å². The number of rotatable bonds is 9. The number of pyridine rings is 1. The quantitative estimate of drug-likeness (QED) is 0.424. The van der Waals surface area contributed by atoms with Gasteiger partial charge in [-0.1, -0.05) is 48.5 Å². The SMILES string of the molecule is Cc1ccc(C(=O)N(CCN(C)C)Cc2ccccc2)c(C2CCN(S(=O)(=O)c3ccccc3)CC2)n1. The summed E-state index contributed by atoms with van der Waals surface area (Å²) in [6.45, 7) is 4.61. The summed E-state index contributed by atoms with van der Waals surface area (Å²) in [5.41, 5.74) is 3.33. The number of hydrogen-bond donors (Lipinski definition) is 0. The van der Waals surface area contributed by atoms with Crippen LogP contribution in [0.5, 0.6) is 0 Å². The second-order valence-corrected chi connectivity index (χ2v) is 11.8. The van der Waals surface area contributed by atoms with Crippen molar-refractivity contribution < 1.29 is 13.2 Å². The van der Waals surface area contributed by atoms with Crippen molar-refractivity contribution in [1.82, 2.24) is 19.1 Å². The molecule has 37 heavy (non-hydrogen) atoms. The highest BCUT2D eigenvalue weighted by molar-refractivity contribution is 7.89. The highest BCUT2D eigenvalue weighted by Crippen LogP contribution is 2.32. The van der Waals surface area contributed by atoms with Gasteiger partial charge < -0.3 is 9.80 Å². The summed E-state index contributed by atoms with van der Waals surface area (Å²) < 4.78 is 27.7. The van der Waals surface area contributed by atoms with Gasteiger partial charge in [-0.05, 0) is 63.7 Å². The predicted molar refractivity (Wildman–Crippen MR) is 146 cm³/mol. The summed E-state index contributed by atoms with van der Waals surface area (Å²) >= 11 is 0. The molecule has 4 rings (SSSR count). The van der Waals surface area contributed by atoms with Gasteiger partial charge in [-0.2, -0.15) is 4.31 Å². The van der Waals surface area contributed by atoms with E-state index in [1.54, 1.807) is 28.6 Å². The molecular formula is C29H36N4O3S. The van der Waals surface area contributed by atoms with Gasteiger partial charge in [0.2, 0.25) is 10.0 Å². The third kappa shape index (κ3) is 6.63. The van der Waals surface area contributed by atoms with Gasteiger partial charge in [0.05, 0.1) is 16.2 Å². The smallest absolute Gasteiger partial charge is 0.256 e. The highest BCUT2D eigenvalue weighted by Gasteiger charge is 2.32. The van der Waals surface area contributed by atoms with Crippen LogP contribution in [-0.2, 0) is 16.6 Å². The van der Waals surface area contributed by atoms with E-state index in [0.717, 1.165) is 23.5 Å². The second-order valence-electron chi connectivity index (χ2n) is 9.89. The first-order valence-corrected chi connectivity index (χ1v) is 14.2. The molecule has 2 aromatic carbocycles. The summed E-state index contributed by atoms with van der Waals surface area (Å²) in [5, 5.41) is 0. The molecule has 0 bridgehead atoms. The van der Waals surface area contributed by atoms with Gasteiger partial charge in [-0.25, -0.2) is 8.42 Å². The van der Waals surface area contributed by atoms with Crippen LogP contribution in [0.15, 0.2) is 77.7 Å². The summed E-state index contributed by atoms with van der Waals surface area (Å²) in [4.78, 5) is 23.0. The molecule has 0 N–H and O–H groups in total. The van der Waals surface area contributed by atoms with E-state index >= 15 is 0 Å². The lowest BCUT2D eigenvalue weighted by Crippen LogP contribution is -2.39. The molecule has 0 unspecified atom stereocenters. The molecule has 0 spiro atoms. The van der Waals surface area contributed by atoms with Crippen LogP contribution < -0.4 is 0 Å². The molecule has 1 aliphatic rings. The lowest BCUT2D eigenvalue weighted by atomic mass is 9.90. The van der Waals surface area contributed by atoms with Gasteiger partial charge in [0.1, 0.15) is 0 Å². The number of piperidine rings is 1. The molecule has 0 atom stereocenters. The molecule has 3 aromatic rings. The van der Waals surface area contributed by atoms with Crippen LogP contribution in [0.25, 0.3) is 0 Å². The minimum Gasteiger partial charge on any atom is -0.333 e. The van der Waals surface area contributed by atoms with Crippen LogP contribution in [0, 0.1) is 6.92 Å². The number of nitrogens with zero attached hydrogens (tertiary/aromatic N) is 4. The third-order valence-corrected chi connectivity index (χ3v) is 8.75. The number of aromatic nitrogens is 1. The molecule has 1 aromatic heterocycles. The van der Waals surface area contributed by atoms with E-state index < -0.39 is 10.0 Å². The maximum absolute atomic E-state index is 13.9. The predicted octanol–water partition coefficient (Wildman–Crippen LogP) is 4.16. The Morgan fingerprint density at radius 2 is 1.54 bits per heavy atom. The molecule has 0 aliphatic carbocycles. The average molecular weight is 521 g/mol. The van der Waals surface area contributed by atoms with Crippen LogP contribution in [0.2, 0.25) is 0 Å². The van der Waals surface area contributed by atoms with Crippen molar-refractivity contribution in [2.75, 3.05) is 40.3 Å². The first-order valence-electron chi connectivity index (χ1n) is 12.8. The maximum atomic E-state index is 13.9. The van der Waals surface area contributed by atoms with Crippen molar-refractivity contribution in [3.63, 3.8) is 0 Å². The topological polar surface area (TPSA) is 73.8 Å². The maximum Gasteiger partial charge on any atom is 0.256 e. The number of carbonyl (C=O) groups is 1. The molecule has 0 radical (unpaired) electrons. The Kier molecular flexibility index (Phi) is 8.74. The highest BCUT2D eigenvalue weighted by atomic mass is 32.2. The van der Waals surface area contributed by atoms with Gasteiger partial charge in [0.25, 0.3) is 5.91 Å². The first kappa shape index (κ1) is 27.0. The number of sulfonamides is 1. The third-order valence-electron chi connectivity index (χ3n) is 6.84. The standard InChI is InChI=1S/C29H36N4O3S/c1-23-14-15-27(29(34)32(21-20-31(2)3)22-24-10-6-4-7-11-24)28(30-23)25-16-18-33(19-17-25)37(35,36)26-12-8-5-9-13-26/h4-15,25H,16-22H2,1-3H3. The molecule has 0 saturated carbocycles. The van der Waals surface area contributed by atoms with Crippen LogP contribution in [-0.4, -0.2) is 73.7 Å². The van der Waals surface area contributed by atoms with Crippen LogP contribution in [0.4, 0.5) is 0 Å². The largest absolute Gasteiger partial charge is 0.333 e. The Hall–Kier alpha value is -3.07. The van der Waals surface area contributed by atoms with Gasteiger partial charge in [0, 0.05) is 44.3 Å². The van der Waals surface area contributed by atoms with Crippen LogP contribution >= 0.6 is 0 Å². The molecule has 2 heterocycles. The van der Waals surface area contributed by atoms with Gasteiger partial charge in [-0.15, -0.1) is 0 Å².